The summed E-state index contributed by atoms with van der Waals surface area (Å²) >= 11 is 1.54. The highest BCUT2D eigenvalue weighted by atomic mass is 32.1. The molecule has 0 aliphatic carbocycles. The lowest BCUT2D eigenvalue weighted by molar-refractivity contribution is 0.0892. The van der Waals surface area contributed by atoms with E-state index < -0.39 is 0 Å². The number of aromatic nitrogens is 1. The lowest BCUT2D eigenvalue weighted by Crippen LogP contribution is -2.45. The zero-order valence-corrected chi connectivity index (χ0v) is 17.1. The largest absolute Gasteiger partial charge is 0.487 e. The number of carbonyl (C=O) groups is 1. The van der Waals surface area contributed by atoms with E-state index in [1.54, 1.807) is 11.6 Å². The fourth-order valence-electron chi connectivity index (χ4n) is 2.54. The van der Waals surface area contributed by atoms with E-state index >= 15 is 0 Å². The van der Waals surface area contributed by atoms with Crippen molar-refractivity contribution in [1.29, 1.82) is 0 Å². The van der Waals surface area contributed by atoms with Crippen LogP contribution in [0.1, 0.15) is 43.2 Å². The molecule has 26 heavy (non-hydrogen) atoms. The lowest BCUT2D eigenvalue weighted by atomic mass is 9.84. The van der Waals surface area contributed by atoms with Gasteiger partial charge in [-0.25, -0.2) is 4.98 Å². The summed E-state index contributed by atoms with van der Waals surface area (Å²) in [5.74, 6) is 0.606. The van der Waals surface area contributed by atoms with Gasteiger partial charge >= 0.3 is 0 Å². The summed E-state index contributed by atoms with van der Waals surface area (Å²) in [6, 6.07) is 7.40. The van der Waals surface area contributed by atoms with Crippen molar-refractivity contribution in [3.63, 3.8) is 0 Å². The van der Waals surface area contributed by atoms with Crippen LogP contribution in [0.3, 0.4) is 0 Å². The number of benzene rings is 1. The first kappa shape index (κ1) is 20.4. The summed E-state index contributed by atoms with van der Waals surface area (Å²) in [7, 11) is 4.09. The maximum Gasteiger partial charge on any atom is 0.251 e. The summed E-state index contributed by atoms with van der Waals surface area (Å²) in [5.41, 5.74) is 3.27. The van der Waals surface area contributed by atoms with E-state index in [0.717, 1.165) is 18.7 Å². The maximum absolute atomic E-state index is 12.7. The van der Waals surface area contributed by atoms with E-state index in [-0.39, 0.29) is 17.4 Å². The first-order chi connectivity index (χ1) is 12.3. The van der Waals surface area contributed by atoms with Gasteiger partial charge in [0.25, 0.3) is 5.91 Å². The van der Waals surface area contributed by atoms with Gasteiger partial charge in [0.15, 0.2) is 0 Å². The van der Waals surface area contributed by atoms with Gasteiger partial charge in [0.1, 0.15) is 12.4 Å². The molecule has 0 saturated carbocycles. The summed E-state index contributed by atoms with van der Waals surface area (Å²) in [6.45, 7) is 7.80. The molecule has 1 amide bonds. The minimum Gasteiger partial charge on any atom is -0.487 e. The van der Waals surface area contributed by atoms with Gasteiger partial charge in [0, 0.05) is 17.0 Å². The van der Waals surface area contributed by atoms with Gasteiger partial charge in [-0.3, -0.25) is 4.79 Å². The Morgan fingerprint density at radius 2 is 2.12 bits per heavy atom. The van der Waals surface area contributed by atoms with Crippen LogP contribution in [-0.2, 0) is 6.61 Å². The molecule has 0 unspecified atom stereocenters. The van der Waals surface area contributed by atoms with Gasteiger partial charge in [-0.05, 0) is 50.7 Å². The van der Waals surface area contributed by atoms with Gasteiger partial charge < -0.3 is 15.0 Å². The molecule has 1 N–H and O–H groups in total. The van der Waals surface area contributed by atoms with Crippen molar-refractivity contribution >= 4 is 17.2 Å². The van der Waals surface area contributed by atoms with Crippen LogP contribution in [0.25, 0.3) is 0 Å². The van der Waals surface area contributed by atoms with Crippen LogP contribution in [0, 0.1) is 5.41 Å². The predicted octanol–water partition coefficient (Wildman–Crippen LogP) is 3.82. The van der Waals surface area contributed by atoms with Gasteiger partial charge in [-0.15, -0.1) is 11.3 Å². The molecule has 0 saturated heterocycles. The second-order valence-electron chi connectivity index (χ2n) is 7.78. The minimum absolute atomic E-state index is 0.00952. The zero-order chi connectivity index (χ0) is 19.2. The molecule has 2 aromatic rings. The van der Waals surface area contributed by atoms with E-state index in [2.05, 4.69) is 36.0 Å². The third kappa shape index (κ3) is 6.42. The molecule has 142 valence electrons. The van der Waals surface area contributed by atoms with Crippen molar-refractivity contribution in [1.82, 2.24) is 15.2 Å². The fraction of sp³-hybridized carbons (Fsp3) is 0.500. The van der Waals surface area contributed by atoms with Crippen LogP contribution in [0.4, 0.5) is 0 Å². The summed E-state index contributed by atoms with van der Waals surface area (Å²) in [5, 5.41) is 5.15. The molecule has 0 aliphatic rings. The number of nitrogens with one attached hydrogen (secondary N) is 1. The molecule has 0 aliphatic heterocycles. The van der Waals surface area contributed by atoms with Crippen molar-refractivity contribution in [2.75, 3.05) is 20.6 Å². The number of nitrogens with zero attached hydrogens (tertiary/aromatic N) is 2. The highest BCUT2D eigenvalue weighted by Gasteiger charge is 2.26. The van der Waals surface area contributed by atoms with Gasteiger partial charge in [0.2, 0.25) is 0 Å². The Bertz CT molecular complexity index is 693. The molecule has 1 aromatic carbocycles. The van der Waals surface area contributed by atoms with E-state index in [0.29, 0.717) is 17.9 Å². The Labute approximate surface area is 160 Å². The monoisotopic (exact) mass is 375 g/mol. The summed E-state index contributed by atoms with van der Waals surface area (Å²) < 4.78 is 5.75. The number of rotatable bonds is 8. The highest BCUT2D eigenvalue weighted by Crippen LogP contribution is 2.23. The first-order valence-corrected chi connectivity index (χ1v) is 9.75. The molecule has 0 bridgehead atoms. The predicted molar refractivity (Wildman–Crippen MR) is 107 cm³/mol. The first-order valence-electron chi connectivity index (χ1n) is 8.81. The molecular weight excluding hydrogens is 346 g/mol. The quantitative estimate of drug-likeness (QED) is 0.762. The van der Waals surface area contributed by atoms with Gasteiger partial charge in [0.05, 0.1) is 11.2 Å². The Hall–Kier alpha value is -1.92. The molecule has 1 aromatic heterocycles. The number of amides is 1. The molecule has 6 heteroatoms. The minimum atomic E-state index is -0.0669. The fourth-order valence-corrected chi connectivity index (χ4v) is 3.09. The van der Waals surface area contributed by atoms with E-state index in [4.69, 9.17) is 4.74 Å². The van der Waals surface area contributed by atoms with E-state index in [1.165, 1.54) is 11.3 Å². The third-order valence-corrected chi connectivity index (χ3v) is 4.82. The molecule has 0 spiro atoms. The maximum atomic E-state index is 12.7. The molecule has 0 fully saturated rings. The SMILES string of the molecule is CN(C)CC[C@@H](NC(=O)c1cccc(OCc2cscn2)c1)C(C)(C)C. The molecule has 5 nitrogen and oxygen atoms in total. The van der Waals surface area contributed by atoms with Crippen LogP contribution >= 0.6 is 11.3 Å². The number of hydrogen-bond donors (Lipinski definition) is 1. The standard InChI is InChI=1S/C20H29N3O2S/c1-20(2,3)18(9-10-23(4)5)22-19(24)15-7-6-8-17(11-15)25-12-16-13-26-14-21-16/h6-8,11,13-14,18H,9-10,12H2,1-5H3,(H,22,24)/t18-/m1/s1. The van der Waals surface area contributed by atoms with Crippen LogP contribution in [0.15, 0.2) is 35.2 Å². The zero-order valence-electron chi connectivity index (χ0n) is 16.3. The van der Waals surface area contributed by atoms with Crippen LogP contribution in [0.2, 0.25) is 0 Å². The Morgan fingerprint density at radius 1 is 1.35 bits per heavy atom. The number of carbonyl (C=O) groups excluding carboxylic acids is 1. The molecule has 1 heterocycles. The van der Waals surface area contributed by atoms with Crippen molar-refractivity contribution in [2.24, 2.45) is 5.41 Å². The average Bonchev–Trinajstić information content (AvgIpc) is 3.09. The molecule has 1 atom stereocenters. The second kappa shape index (κ2) is 9.14. The lowest BCUT2D eigenvalue weighted by Gasteiger charge is -2.32. The smallest absolute Gasteiger partial charge is 0.251 e. The second-order valence-corrected chi connectivity index (χ2v) is 8.50. The van der Waals surface area contributed by atoms with Crippen molar-refractivity contribution in [2.45, 2.75) is 39.8 Å². The van der Waals surface area contributed by atoms with Gasteiger partial charge in [-0.2, -0.15) is 0 Å². The Kier molecular flexibility index (Phi) is 7.17. The van der Waals surface area contributed by atoms with Gasteiger partial charge in [-0.1, -0.05) is 26.8 Å². The van der Waals surface area contributed by atoms with Crippen LogP contribution in [-0.4, -0.2) is 42.5 Å². The Balaban J connectivity index is 2.01. The normalized spacial score (nSPS) is 12.8. The van der Waals surface area contributed by atoms with Crippen molar-refractivity contribution < 1.29 is 9.53 Å². The summed E-state index contributed by atoms with van der Waals surface area (Å²) in [6.07, 6.45) is 0.905. The topological polar surface area (TPSA) is 54.5 Å². The summed E-state index contributed by atoms with van der Waals surface area (Å²) in [4.78, 5) is 19.1. The van der Waals surface area contributed by atoms with Crippen LogP contribution in [0.5, 0.6) is 5.75 Å². The van der Waals surface area contributed by atoms with E-state index in [1.807, 2.05) is 37.7 Å². The third-order valence-electron chi connectivity index (χ3n) is 4.18. The van der Waals surface area contributed by atoms with E-state index in [9.17, 15) is 4.79 Å². The molecule has 0 radical (unpaired) electrons. The van der Waals surface area contributed by atoms with Crippen molar-refractivity contribution in [3.8, 4) is 5.75 Å². The molecule has 2 rings (SSSR count). The Morgan fingerprint density at radius 3 is 2.73 bits per heavy atom. The number of hydrogen-bond acceptors (Lipinski definition) is 5. The average molecular weight is 376 g/mol. The van der Waals surface area contributed by atoms with Crippen LogP contribution < -0.4 is 10.1 Å². The van der Waals surface area contributed by atoms with Crippen molar-refractivity contribution in [3.05, 3.63) is 46.4 Å². The number of thiazole rings is 1. The highest BCUT2D eigenvalue weighted by molar-refractivity contribution is 7.07. The molecular formula is C20H29N3O2S. The number of ether oxygens (including phenoxy) is 1.